The van der Waals surface area contributed by atoms with Crippen molar-refractivity contribution in [3.63, 3.8) is 0 Å². The summed E-state index contributed by atoms with van der Waals surface area (Å²) in [5.41, 5.74) is 4.36. The minimum atomic E-state index is 0.252. The van der Waals surface area contributed by atoms with E-state index < -0.39 is 0 Å². The average Bonchev–Trinajstić information content (AvgIpc) is 2.81. The highest BCUT2D eigenvalue weighted by Crippen LogP contribution is 2.34. The van der Waals surface area contributed by atoms with Crippen molar-refractivity contribution in [2.24, 2.45) is 5.92 Å². The minimum absolute atomic E-state index is 0.252. The number of nitrogens with zero attached hydrogens (tertiary/aromatic N) is 3. The largest absolute Gasteiger partial charge is 0.488 e. The number of fused-ring (bicyclic) bond motifs is 1. The lowest BCUT2D eigenvalue weighted by Gasteiger charge is -2.31. The number of aromatic nitrogens is 2. The normalized spacial score (nSPS) is 22.2. The van der Waals surface area contributed by atoms with Crippen LogP contribution in [0.3, 0.4) is 0 Å². The Morgan fingerprint density at radius 1 is 0.933 bits per heavy atom. The van der Waals surface area contributed by atoms with Crippen LogP contribution < -0.4 is 9.64 Å². The maximum atomic E-state index is 6.54. The topological polar surface area (TPSA) is 47.5 Å². The summed E-state index contributed by atoms with van der Waals surface area (Å²) in [6.45, 7) is 3.33. The second kappa shape index (κ2) is 9.00. The molecular formula is C25H29N3O2. The first-order valence-corrected chi connectivity index (χ1v) is 11.1. The molecule has 0 spiro atoms. The molecule has 0 atom stereocenters. The minimum Gasteiger partial charge on any atom is -0.488 e. The highest BCUT2D eigenvalue weighted by molar-refractivity contribution is 5.85. The highest BCUT2D eigenvalue weighted by atomic mass is 16.5. The number of hydrogen-bond donors (Lipinski definition) is 0. The lowest BCUT2D eigenvalue weighted by Crippen LogP contribution is -2.36. The smallest absolute Gasteiger partial charge is 0.149 e. The predicted molar refractivity (Wildman–Crippen MR) is 119 cm³/mol. The second-order valence-electron chi connectivity index (χ2n) is 8.42. The quantitative estimate of drug-likeness (QED) is 0.621. The average molecular weight is 404 g/mol. The molecule has 30 heavy (non-hydrogen) atoms. The van der Waals surface area contributed by atoms with Gasteiger partial charge in [0.15, 0.2) is 0 Å². The van der Waals surface area contributed by atoms with Gasteiger partial charge in [-0.2, -0.15) is 0 Å². The van der Waals surface area contributed by atoms with E-state index >= 15 is 0 Å². The lowest BCUT2D eigenvalue weighted by molar-refractivity contribution is 0.122. The van der Waals surface area contributed by atoms with Gasteiger partial charge >= 0.3 is 0 Å². The number of rotatable bonds is 5. The van der Waals surface area contributed by atoms with E-state index in [2.05, 4.69) is 57.3 Å². The Morgan fingerprint density at radius 3 is 2.50 bits per heavy atom. The predicted octanol–water partition coefficient (Wildman–Crippen LogP) is 4.65. The Kier molecular flexibility index (Phi) is 5.80. The number of benzene rings is 2. The van der Waals surface area contributed by atoms with Gasteiger partial charge in [0.25, 0.3) is 0 Å². The standard InChI is InChI=1S/C25H29N3O2/c1-2-4-19(5-3-1)16-20-6-8-22(9-7-20)30-24-18-21(28-12-14-29-15-13-28)17-23-25(24)27-11-10-26-23/h1-5,10-11,17-18,20,22H,6-9,12-16H2. The van der Waals surface area contributed by atoms with Crippen LogP contribution in [0, 0.1) is 5.92 Å². The third-order valence-corrected chi connectivity index (χ3v) is 6.35. The fourth-order valence-electron chi connectivity index (χ4n) is 4.70. The van der Waals surface area contributed by atoms with Gasteiger partial charge in [0, 0.05) is 37.2 Å². The van der Waals surface area contributed by atoms with Gasteiger partial charge in [0.1, 0.15) is 11.3 Å². The Morgan fingerprint density at radius 2 is 1.70 bits per heavy atom. The summed E-state index contributed by atoms with van der Waals surface area (Å²) >= 11 is 0. The molecule has 0 radical (unpaired) electrons. The molecule has 5 rings (SSSR count). The zero-order chi connectivity index (χ0) is 20.2. The first-order valence-electron chi connectivity index (χ1n) is 11.1. The van der Waals surface area contributed by atoms with E-state index in [1.165, 1.54) is 24.8 Å². The molecule has 1 saturated carbocycles. The van der Waals surface area contributed by atoms with Crippen molar-refractivity contribution < 1.29 is 9.47 Å². The van der Waals surface area contributed by atoms with Gasteiger partial charge < -0.3 is 14.4 Å². The van der Waals surface area contributed by atoms with Crippen LogP contribution in [0.15, 0.2) is 54.9 Å². The first-order chi connectivity index (χ1) is 14.8. The van der Waals surface area contributed by atoms with Crippen LogP contribution in [-0.4, -0.2) is 42.4 Å². The van der Waals surface area contributed by atoms with Crippen molar-refractivity contribution in [3.05, 3.63) is 60.4 Å². The van der Waals surface area contributed by atoms with Crippen LogP contribution in [0.1, 0.15) is 31.2 Å². The van der Waals surface area contributed by atoms with Gasteiger partial charge in [0.05, 0.1) is 24.8 Å². The van der Waals surface area contributed by atoms with Gasteiger partial charge in [0.2, 0.25) is 0 Å². The summed E-state index contributed by atoms with van der Waals surface area (Å²) in [4.78, 5) is 11.5. The Balaban J connectivity index is 1.29. The van der Waals surface area contributed by atoms with Crippen molar-refractivity contribution in [1.29, 1.82) is 0 Å². The second-order valence-corrected chi connectivity index (χ2v) is 8.42. The number of anilines is 1. The molecule has 156 valence electrons. The molecule has 3 aromatic rings. The molecule has 1 aromatic heterocycles. The van der Waals surface area contributed by atoms with Gasteiger partial charge in [-0.1, -0.05) is 30.3 Å². The fraction of sp³-hybridized carbons (Fsp3) is 0.440. The Labute approximate surface area is 178 Å². The summed E-state index contributed by atoms with van der Waals surface area (Å²) in [5, 5.41) is 0. The number of morpholine rings is 1. The molecule has 1 aliphatic heterocycles. The molecule has 5 nitrogen and oxygen atoms in total. The van der Waals surface area contributed by atoms with Crippen molar-refractivity contribution in [1.82, 2.24) is 9.97 Å². The van der Waals surface area contributed by atoms with E-state index in [-0.39, 0.29) is 6.10 Å². The zero-order valence-corrected chi connectivity index (χ0v) is 17.4. The summed E-state index contributed by atoms with van der Waals surface area (Å²) in [7, 11) is 0. The maximum absolute atomic E-state index is 6.54. The van der Waals surface area contributed by atoms with E-state index in [9.17, 15) is 0 Å². The maximum Gasteiger partial charge on any atom is 0.149 e. The molecule has 1 saturated heterocycles. The van der Waals surface area contributed by atoms with E-state index in [0.29, 0.717) is 0 Å². The molecule has 1 aliphatic carbocycles. The molecule has 0 bridgehead atoms. The summed E-state index contributed by atoms with van der Waals surface area (Å²) in [6, 6.07) is 15.1. The van der Waals surface area contributed by atoms with Crippen LogP contribution in [-0.2, 0) is 11.2 Å². The summed E-state index contributed by atoms with van der Waals surface area (Å²) in [6.07, 6.45) is 9.56. The summed E-state index contributed by atoms with van der Waals surface area (Å²) in [5.74, 6) is 1.62. The number of hydrogen-bond acceptors (Lipinski definition) is 5. The summed E-state index contributed by atoms with van der Waals surface area (Å²) < 4.78 is 12.1. The van der Waals surface area contributed by atoms with E-state index in [1.807, 2.05) is 0 Å². The van der Waals surface area contributed by atoms with Crippen LogP contribution >= 0.6 is 0 Å². The van der Waals surface area contributed by atoms with Crippen molar-refractivity contribution in [2.45, 2.75) is 38.2 Å². The molecule has 0 amide bonds. The van der Waals surface area contributed by atoms with E-state index in [1.54, 1.807) is 12.4 Å². The molecule has 0 N–H and O–H groups in total. The molecule has 2 fully saturated rings. The molecule has 0 unspecified atom stereocenters. The molecule has 5 heteroatoms. The lowest BCUT2D eigenvalue weighted by atomic mass is 9.83. The SMILES string of the molecule is c1ccc(CC2CCC(Oc3cc(N4CCOCC4)cc4nccnc34)CC2)cc1. The van der Waals surface area contributed by atoms with Crippen LogP contribution in [0.25, 0.3) is 11.0 Å². The Hall–Kier alpha value is -2.66. The fourth-order valence-corrected chi connectivity index (χ4v) is 4.70. The van der Waals surface area contributed by atoms with Crippen LogP contribution in [0.2, 0.25) is 0 Å². The van der Waals surface area contributed by atoms with E-state index in [0.717, 1.165) is 67.5 Å². The van der Waals surface area contributed by atoms with Crippen LogP contribution in [0.4, 0.5) is 5.69 Å². The van der Waals surface area contributed by atoms with Crippen LogP contribution in [0.5, 0.6) is 5.75 Å². The third kappa shape index (κ3) is 4.41. The highest BCUT2D eigenvalue weighted by Gasteiger charge is 2.24. The molecule has 2 aromatic carbocycles. The van der Waals surface area contributed by atoms with Gasteiger partial charge in [-0.25, -0.2) is 4.98 Å². The first kappa shape index (κ1) is 19.3. The number of ether oxygens (including phenoxy) is 2. The van der Waals surface area contributed by atoms with Crippen molar-refractivity contribution >= 4 is 16.7 Å². The Bertz CT molecular complexity index is 965. The molecular weight excluding hydrogens is 374 g/mol. The van der Waals surface area contributed by atoms with Gasteiger partial charge in [-0.3, -0.25) is 4.98 Å². The monoisotopic (exact) mass is 403 g/mol. The molecule has 2 aliphatic rings. The molecule has 2 heterocycles. The van der Waals surface area contributed by atoms with Crippen molar-refractivity contribution in [2.75, 3.05) is 31.2 Å². The van der Waals surface area contributed by atoms with E-state index in [4.69, 9.17) is 9.47 Å². The third-order valence-electron chi connectivity index (χ3n) is 6.35. The zero-order valence-electron chi connectivity index (χ0n) is 17.4. The van der Waals surface area contributed by atoms with Gasteiger partial charge in [-0.15, -0.1) is 0 Å². The van der Waals surface area contributed by atoms with Gasteiger partial charge in [-0.05, 0) is 49.7 Å². The van der Waals surface area contributed by atoms with Crippen molar-refractivity contribution in [3.8, 4) is 5.75 Å².